The van der Waals surface area contributed by atoms with Gasteiger partial charge in [0.1, 0.15) is 5.82 Å². The zero-order chi connectivity index (χ0) is 22.2. The first-order chi connectivity index (χ1) is 15.0. The number of para-hydroxylation sites is 2. The van der Waals surface area contributed by atoms with E-state index in [4.69, 9.17) is 4.74 Å². The maximum Gasteiger partial charge on any atom is 0.296 e. The molecule has 0 amide bonds. The van der Waals surface area contributed by atoms with Crippen molar-refractivity contribution >= 4 is 17.0 Å². The van der Waals surface area contributed by atoms with E-state index >= 15 is 0 Å². The molecule has 1 aliphatic rings. The normalized spacial score (nSPS) is 14.0. The van der Waals surface area contributed by atoms with Crippen molar-refractivity contribution in [1.29, 1.82) is 0 Å². The number of ether oxygens (including phenoxy) is 1. The molecular formula is C22H29F2N5O2. The molecule has 0 bridgehead atoms. The second-order valence-corrected chi connectivity index (χ2v) is 7.33. The molecule has 1 aliphatic heterocycles. The number of fused-ring (bicyclic) bond motifs is 1. The summed E-state index contributed by atoms with van der Waals surface area (Å²) in [6.45, 7) is 6.64. The maximum absolute atomic E-state index is 13.5. The molecule has 1 aromatic carbocycles. The van der Waals surface area contributed by atoms with Gasteiger partial charge in [0.25, 0.3) is 12.0 Å². The van der Waals surface area contributed by atoms with Gasteiger partial charge in [-0.3, -0.25) is 14.3 Å². The summed E-state index contributed by atoms with van der Waals surface area (Å²) in [6.07, 6.45) is 2.75. The summed E-state index contributed by atoms with van der Waals surface area (Å²) < 4.78 is 33.5. The maximum atomic E-state index is 13.5. The van der Waals surface area contributed by atoms with Crippen LogP contribution in [0.4, 0.5) is 14.7 Å². The Kier molecular flexibility index (Phi) is 8.11. The molecule has 31 heavy (non-hydrogen) atoms. The van der Waals surface area contributed by atoms with Gasteiger partial charge >= 0.3 is 0 Å². The fourth-order valence-electron chi connectivity index (χ4n) is 3.40. The first-order valence-corrected chi connectivity index (χ1v) is 10.7. The predicted octanol–water partition coefficient (Wildman–Crippen LogP) is 4.47. The summed E-state index contributed by atoms with van der Waals surface area (Å²) in [4.78, 5) is 25.0. The Morgan fingerprint density at radius 2 is 1.77 bits per heavy atom. The van der Waals surface area contributed by atoms with Gasteiger partial charge in [0.2, 0.25) is 5.95 Å². The number of rotatable bonds is 6. The van der Waals surface area contributed by atoms with Crippen molar-refractivity contribution in [3.8, 4) is 5.82 Å². The van der Waals surface area contributed by atoms with E-state index in [2.05, 4.69) is 28.8 Å². The number of nitrogens with zero attached hydrogens (tertiary/aromatic N) is 4. The predicted molar refractivity (Wildman–Crippen MR) is 117 cm³/mol. The average molecular weight is 434 g/mol. The lowest BCUT2D eigenvalue weighted by atomic mass is 10.2. The van der Waals surface area contributed by atoms with Crippen molar-refractivity contribution in [2.75, 3.05) is 31.2 Å². The molecule has 1 saturated heterocycles. The SMILES string of the molecule is CCCCCC.O=c1cc(-n2c(C(F)F)nc3ccccc32)nc(N2CCOCC2)[nH]1. The monoisotopic (exact) mass is 433 g/mol. The number of imidazole rings is 1. The van der Waals surface area contributed by atoms with Gasteiger partial charge in [-0.25, -0.2) is 13.8 Å². The van der Waals surface area contributed by atoms with Crippen molar-refractivity contribution in [1.82, 2.24) is 19.5 Å². The minimum absolute atomic E-state index is 0.120. The smallest absolute Gasteiger partial charge is 0.296 e. The number of hydrogen-bond donors (Lipinski definition) is 1. The molecule has 3 aromatic rings. The van der Waals surface area contributed by atoms with Crippen molar-refractivity contribution in [2.24, 2.45) is 0 Å². The summed E-state index contributed by atoms with van der Waals surface area (Å²) >= 11 is 0. The molecule has 7 nitrogen and oxygen atoms in total. The number of halogens is 2. The highest BCUT2D eigenvalue weighted by atomic mass is 19.3. The lowest BCUT2D eigenvalue weighted by Gasteiger charge is -2.27. The third-order valence-electron chi connectivity index (χ3n) is 4.99. The number of benzene rings is 1. The van der Waals surface area contributed by atoms with E-state index < -0.39 is 17.8 Å². The highest BCUT2D eigenvalue weighted by Gasteiger charge is 2.22. The van der Waals surface area contributed by atoms with E-state index in [0.717, 1.165) is 0 Å². The molecule has 3 heterocycles. The lowest BCUT2D eigenvalue weighted by Crippen LogP contribution is -2.38. The van der Waals surface area contributed by atoms with Gasteiger partial charge in [-0.2, -0.15) is 4.98 Å². The van der Waals surface area contributed by atoms with Crippen LogP contribution < -0.4 is 10.5 Å². The van der Waals surface area contributed by atoms with Crippen LogP contribution in [0.5, 0.6) is 0 Å². The van der Waals surface area contributed by atoms with E-state index in [1.165, 1.54) is 36.3 Å². The number of nitrogens with one attached hydrogen (secondary N) is 1. The van der Waals surface area contributed by atoms with Gasteiger partial charge in [-0.05, 0) is 12.1 Å². The zero-order valence-corrected chi connectivity index (χ0v) is 18.0. The quantitative estimate of drug-likeness (QED) is 0.581. The molecule has 168 valence electrons. The van der Waals surface area contributed by atoms with Crippen LogP contribution in [0.25, 0.3) is 16.9 Å². The zero-order valence-electron chi connectivity index (χ0n) is 18.0. The molecule has 4 rings (SSSR count). The molecule has 0 aliphatic carbocycles. The number of unbranched alkanes of at least 4 members (excludes halogenated alkanes) is 3. The number of alkyl halides is 2. The molecule has 1 fully saturated rings. The van der Waals surface area contributed by atoms with Crippen LogP contribution >= 0.6 is 0 Å². The molecule has 0 saturated carbocycles. The summed E-state index contributed by atoms with van der Waals surface area (Å²) in [7, 11) is 0. The molecule has 9 heteroatoms. The van der Waals surface area contributed by atoms with Crippen LogP contribution in [0.3, 0.4) is 0 Å². The Labute approximate surface area is 180 Å². The van der Waals surface area contributed by atoms with Gasteiger partial charge < -0.3 is 9.64 Å². The van der Waals surface area contributed by atoms with Crippen LogP contribution in [-0.4, -0.2) is 45.8 Å². The number of hydrogen-bond acceptors (Lipinski definition) is 5. The van der Waals surface area contributed by atoms with E-state index in [9.17, 15) is 13.6 Å². The number of aromatic amines is 1. The first kappa shape index (κ1) is 22.9. The van der Waals surface area contributed by atoms with Crippen LogP contribution in [-0.2, 0) is 4.74 Å². The van der Waals surface area contributed by atoms with E-state index in [-0.39, 0.29) is 5.82 Å². The van der Waals surface area contributed by atoms with Crippen LogP contribution in [0.2, 0.25) is 0 Å². The highest BCUT2D eigenvalue weighted by Crippen LogP contribution is 2.27. The fourth-order valence-corrected chi connectivity index (χ4v) is 3.40. The van der Waals surface area contributed by atoms with Crippen LogP contribution in [0.15, 0.2) is 35.1 Å². The molecule has 0 unspecified atom stereocenters. The topological polar surface area (TPSA) is 76.0 Å². The number of morpholine rings is 1. The minimum Gasteiger partial charge on any atom is -0.378 e. The lowest BCUT2D eigenvalue weighted by molar-refractivity contribution is 0.122. The Morgan fingerprint density at radius 3 is 2.42 bits per heavy atom. The Morgan fingerprint density at radius 1 is 1.10 bits per heavy atom. The van der Waals surface area contributed by atoms with Crippen LogP contribution in [0, 0.1) is 0 Å². The van der Waals surface area contributed by atoms with Gasteiger partial charge in [-0.15, -0.1) is 0 Å². The van der Waals surface area contributed by atoms with Gasteiger partial charge in [0.15, 0.2) is 5.82 Å². The average Bonchev–Trinajstić information content (AvgIpc) is 3.18. The summed E-state index contributed by atoms with van der Waals surface area (Å²) in [5.74, 6) is 0.0188. The molecule has 0 atom stereocenters. The Hall–Kier alpha value is -2.81. The molecular weight excluding hydrogens is 404 g/mol. The standard InChI is InChI=1S/C16H15F2N5O2.C6H14/c17-14(18)15-19-10-3-1-2-4-11(10)23(15)12-9-13(24)21-16(20-12)22-5-7-25-8-6-22;1-3-5-6-4-2/h1-4,9,14H,5-8H2,(H,20,21,24);3-6H2,1-2H3. The highest BCUT2D eigenvalue weighted by molar-refractivity contribution is 5.78. The van der Waals surface area contributed by atoms with E-state index in [1.54, 1.807) is 24.3 Å². The van der Waals surface area contributed by atoms with E-state index in [0.29, 0.717) is 43.3 Å². The van der Waals surface area contributed by atoms with Crippen molar-refractivity contribution in [2.45, 2.75) is 46.0 Å². The van der Waals surface area contributed by atoms with E-state index in [1.807, 2.05) is 4.90 Å². The van der Waals surface area contributed by atoms with Gasteiger partial charge in [0, 0.05) is 19.2 Å². The number of H-pyrrole nitrogens is 1. The van der Waals surface area contributed by atoms with Crippen molar-refractivity contribution in [3.63, 3.8) is 0 Å². The van der Waals surface area contributed by atoms with Crippen LogP contribution in [0.1, 0.15) is 51.8 Å². The fraction of sp³-hybridized carbons (Fsp3) is 0.500. The second-order valence-electron chi connectivity index (χ2n) is 7.33. The van der Waals surface area contributed by atoms with Crippen molar-refractivity contribution in [3.05, 3.63) is 46.5 Å². The Bertz CT molecular complexity index is 1020. The molecule has 2 aromatic heterocycles. The molecule has 1 N–H and O–H groups in total. The second kappa shape index (κ2) is 11.0. The first-order valence-electron chi connectivity index (χ1n) is 10.7. The largest absolute Gasteiger partial charge is 0.378 e. The van der Waals surface area contributed by atoms with Gasteiger partial charge in [-0.1, -0.05) is 51.7 Å². The summed E-state index contributed by atoms with van der Waals surface area (Å²) in [5.41, 5.74) is 0.487. The molecule has 0 spiro atoms. The molecule has 0 radical (unpaired) electrons. The third kappa shape index (κ3) is 5.66. The summed E-state index contributed by atoms with van der Waals surface area (Å²) in [6, 6.07) is 7.97. The number of anilines is 1. The number of aromatic nitrogens is 4. The minimum atomic E-state index is -2.79. The summed E-state index contributed by atoms with van der Waals surface area (Å²) in [5, 5.41) is 0. The Balaban J connectivity index is 0.000000401. The van der Waals surface area contributed by atoms with Crippen molar-refractivity contribution < 1.29 is 13.5 Å². The van der Waals surface area contributed by atoms with Gasteiger partial charge in [0.05, 0.1) is 24.2 Å². The third-order valence-corrected chi connectivity index (χ3v) is 4.99.